The molecule has 0 bridgehead atoms. The molecule has 6 nitrogen and oxygen atoms in total. The zero-order valence-corrected chi connectivity index (χ0v) is 11.3. The molecule has 3 N–H and O–H groups in total. The van der Waals surface area contributed by atoms with Crippen LogP contribution in [0.3, 0.4) is 0 Å². The van der Waals surface area contributed by atoms with E-state index < -0.39 is 17.6 Å². The van der Waals surface area contributed by atoms with E-state index in [4.69, 9.17) is 10.5 Å². The van der Waals surface area contributed by atoms with Crippen LogP contribution in [0.25, 0.3) is 0 Å². The Labute approximate surface area is 112 Å². The molecule has 0 aromatic heterocycles. The molecule has 0 aromatic carbocycles. The van der Waals surface area contributed by atoms with Gasteiger partial charge in [0.05, 0.1) is 6.10 Å². The van der Waals surface area contributed by atoms with Gasteiger partial charge in [0.1, 0.15) is 6.04 Å². The molecule has 2 atom stereocenters. The highest BCUT2D eigenvalue weighted by atomic mass is 16.5. The fourth-order valence-corrected chi connectivity index (χ4v) is 3.14. The second kappa shape index (κ2) is 5.46. The number of likely N-dealkylation sites (tertiary alicyclic amines) is 1. The van der Waals surface area contributed by atoms with E-state index in [9.17, 15) is 14.7 Å². The number of hydrogen-bond donors (Lipinski definition) is 2. The number of hydrogen-bond acceptors (Lipinski definition) is 4. The summed E-state index contributed by atoms with van der Waals surface area (Å²) in [7, 11) is 1.54. The normalized spacial score (nSPS) is 29.7. The average molecular weight is 270 g/mol. The standard InChI is InChI=1S/C13H22N2O4/c1-19-9-6-10(12(17)18)15(8-9)11(16)7-13(14)4-2-3-5-13/h9-10H,2-8,14H2,1H3,(H,17,18). The second-order valence-corrected chi connectivity index (χ2v) is 5.74. The van der Waals surface area contributed by atoms with Crippen molar-refractivity contribution in [2.24, 2.45) is 5.73 Å². The maximum Gasteiger partial charge on any atom is 0.326 e. The van der Waals surface area contributed by atoms with E-state index in [0.717, 1.165) is 25.7 Å². The third-order valence-corrected chi connectivity index (χ3v) is 4.30. The molecular formula is C13H22N2O4. The first-order valence-corrected chi connectivity index (χ1v) is 6.79. The predicted molar refractivity (Wildman–Crippen MR) is 68.6 cm³/mol. The minimum atomic E-state index is -0.967. The lowest BCUT2D eigenvalue weighted by Crippen LogP contribution is -2.47. The van der Waals surface area contributed by atoms with Crippen molar-refractivity contribution < 1.29 is 19.4 Å². The van der Waals surface area contributed by atoms with E-state index in [2.05, 4.69) is 0 Å². The van der Waals surface area contributed by atoms with Crippen molar-refractivity contribution in [2.75, 3.05) is 13.7 Å². The van der Waals surface area contributed by atoms with Crippen LogP contribution in [-0.4, -0.2) is 53.2 Å². The van der Waals surface area contributed by atoms with Gasteiger partial charge in [-0.3, -0.25) is 4.79 Å². The fraction of sp³-hybridized carbons (Fsp3) is 0.846. The number of carboxylic acids is 1. The van der Waals surface area contributed by atoms with E-state index in [1.807, 2.05) is 0 Å². The number of carbonyl (C=O) groups is 2. The molecule has 6 heteroatoms. The molecule has 2 fully saturated rings. The zero-order chi connectivity index (χ0) is 14.0. The molecule has 1 heterocycles. The van der Waals surface area contributed by atoms with Crippen LogP contribution in [0, 0.1) is 0 Å². The van der Waals surface area contributed by atoms with Gasteiger partial charge in [-0.25, -0.2) is 4.79 Å². The molecule has 108 valence electrons. The monoisotopic (exact) mass is 270 g/mol. The number of carbonyl (C=O) groups excluding carboxylic acids is 1. The molecule has 1 saturated carbocycles. The van der Waals surface area contributed by atoms with Gasteiger partial charge in [-0.05, 0) is 12.8 Å². The molecule has 1 aliphatic carbocycles. The van der Waals surface area contributed by atoms with Crippen LogP contribution in [0.5, 0.6) is 0 Å². The number of ether oxygens (including phenoxy) is 1. The minimum Gasteiger partial charge on any atom is -0.480 e. The van der Waals surface area contributed by atoms with Crippen molar-refractivity contribution >= 4 is 11.9 Å². The van der Waals surface area contributed by atoms with E-state index in [1.165, 1.54) is 4.90 Å². The highest BCUT2D eigenvalue weighted by Gasteiger charge is 2.42. The maximum absolute atomic E-state index is 12.3. The molecule has 1 saturated heterocycles. The first-order chi connectivity index (χ1) is 8.95. The Hall–Kier alpha value is -1.14. The number of carboxylic acid groups (broad SMARTS) is 1. The van der Waals surface area contributed by atoms with E-state index in [0.29, 0.717) is 13.0 Å². The van der Waals surface area contributed by atoms with Gasteiger partial charge in [0, 0.05) is 32.0 Å². The zero-order valence-electron chi connectivity index (χ0n) is 11.3. The molecular weight excluding hydrogens is 248 g/mol. The van der Waals surface area contributed by atoms with Crippen LogP contribution in [0.4, 0.5) is 0 Å². The summed E-state index contributed by atoms with van der Waals surface area (Å²) in [6, 6.07) is -0.776. The number of nitrogens with two attached hydrogens (primary N) is 1. The van der Waals surface area contributed by atoms with Gasteiger partial charge in [-0.2, -0.15) is 0 Å². The van der Waals surface area contributed by atoms with E-state index in [1.54, 1.807) is 7.11 Å². The van der Waals surface area contributed by atoms with Gasteiger partial charge in [0.25, 0.3) is 0 Å². The van der Waals surface area contributed by atoms with Crippen LogP contribution in [0.15, 0.2) is 0 Å². The molecule has 1 aliphatic heterocycles. The second-order valence-electron chi connectivity index (χ2n) is 5.74. The quantitative estimate of drug-likeness (QED) is 0.769. The first kappa shape index (κ1) is 14.3. The van der Waals surface area contributed by atoms with Crippen molar-refractivity contribution in [1.29, 1.82) is 0 Å². The summed E-state index contributed by atoms with van der Waals surface area (Å²) in [4.78, 5) is 24.9. The highest BCUT2D eigenvalue weighted by Crippen LogP contribution is 2.32. The number of amides is 1. The average Bonchev–Trinajstić information content (AvgIpc) is 2.95. The Kier molecular flexibility index (Phi) is 4.10. The molecule has 1 amide bonds. The highest BCUT2D eigenvalue weighted by molar-refractivity contribution is 5.85. The van der Waals surface area contributed by atoms with Gasteiger partial charge >= 0.3 is 5.97 Å². The Balaban J connectivity index is 2.02. The Bertz CT molecular complexity index is 366. The van der Waals surface area contributed by atoms with Gasteiger partial charge in [0.2, 0.25) is 5.91 Å². The van der Waals surface area contributed by atoms with Gasteiger partial charge in [-0.1, -0.05) is 12.8 Å². The summed E-state index contributed by atoms with van der Waals surface area (Å²) in [6.07, 6.45) is 4.19. The summed E-state index contributed by atoms with van der Waals surface area (Å²) in [5.41, 5.74) is 5.75. The molecule has 2 aliphatic rings. The number of methoxy groups -OCH3 is 1. The Morgan fingerprint density at radius 3 is 2.58 bits per heavy atom. The largest absolute Gasteiger partial charge is 0.480 e. The lowest BCUT2D eigenvalue weighted by Gasteiger charge is -2.28. The first-order valence-electron chi connectivity index (χ1n) is 6.79. The smallest absolute Gasteiger partial charge is 0.326 e. The van der Waals surface area contributed by atoms with Crippen LogP contribution in [0.2, 0.25) is 0 Å². The van der Waals surface area contributed by atoms with Gasteiger partial charge < -0.3 is 20.5 Å². The number of aliphatic carboxylic acids is 1. The van der Waals surface area contributed by atoms with Crippen molar-refractivity contribution in [3.63, 3.8) is 0 Å². The van der Waals surface area contributed by atoms with Crippen LogP contribution >= 0.6 is 0 Å². The molecule has 2 unspecified atom stereocenters. The SMILES string of the molecule is COC1CC(C(=O)O)N(C(=O)CC2(N)CCCC2)C1. The predicted octanol–water partition coefficient (Wildman–Crippen LogP) is 0.349. The fourth-order valence-electron chi connectivity index (χ4n) is 3.14. The summed E-state index contributed by atoms with van der Waals surface area (Å²) in [6.45, 7) is 0.350. The Morgan fingerprint density at radius 2 is 2.05 bits per heavy atom. The molecule has 2 rings (SSSR count). The maximum atomic E-state index is 12.3. The molecule has 0 aromatic rings. The van der Waals surface area contributed by atoms with Crippen LogP contribution in [-0.2, 0) is 14.3 Å². The van der Waals surface area contributed by atoms with Crippen molar-refractivity contribution in [1.82, 2.24) is 4.90 Å². The van der Waals surface area contributed by atoms with Crippen LogP contribution in [0.1, 0.15) is 38.5 Å². The summed E-state index contributed by atoms with van der Waals surface area (Å²) >= 11 is 0. The minimum absolute atomic E-state index is 0.156. The number of rotatable bonds is 4. The van der Waals surface area contributed by atoms with Crippen molar-refractivity contribution in [2.45, 2.75) is 56.2 Å². The van der Waals surface area contributed by atoms with Crippen molar-refractivity contribution in [3.05, 3.63) is 0 Å². The summed E-state index contributed by atoms with van der Waals surface area (Å²) in [5, 5.41) is 9.19. The molecule has 0 radical (unpaired) electrons. The topological polar surface area (TPSA) is 92.9 Å². The lowest BCUT2D eigenvalue weighted by molar-refractivity contribution is -0.148. The van der Waals surface area contributed by atoms with E-state index >= 15 is 0 Å². The number of nitrogens with zero attached hydrogens (tertiary/aromatic N) is 1. The third-order valence-electron chi connectivity index (χ3n) is 4.30. The van der Waals surface area contributed by atoms with Crippen molar-refractivity contribution in [3.8, 4) is 0 Å². The summed E-state index contributed by atoms with van der Waals surface area (Å²) < 4.78 is 5.18. The molecule has 19 heavy (non-hydrogen) atoms. The Morgan fingerprint density at radius 1 is 1.42 bits per heavy atom. The van der Waals surface area contributed by atoms with Gasteiger partial charge in [-0.15, -0.1) is 0 Å². The third kappa shape index (κ3) is 3.06. The molecule has 0 spiro atoms. The summed E-state index contributed by atoms with van der Waals surface area (Å²) in [5.74, 6) is -1.12. The van der Waals surface area contributed by atoms with Crippen LogP contribution < -0.4 is 5.73 Å². The lowest BCUT2D eigenvalue weighted by atomic mass is 9.94. The van der Waals surface area contributed by atoms with E-state index in [-0.39, 0.29) is 18.4 Å². The van der Waals surface area contributed by atoms with Gasteiger partial charge in [0.15, 0.2) is 0 Å².